The van der Waals surface area contributed by atoms with E-state index in [2.05, 4.69) is 11.9 Å². The van der Waals surface area contributed by atoms with Crippen molar-refractivity contribution in [3.8, 4) is 0 Å². The highest BCUT2D eigenvalue weighted by molar-refractivity contribution is 7.18. The number of fused-ring (bicyclic) bond motifs is 1. The number of thiophene rings is 1. The molecule has 0 unspecified atom stereocenters. The lowest BCUT2D eigenvalue weighted by atomic mass is 10.2. The standard InChI is InChI=1S/C21H25N3O2S/c1-4-5-12-24(17-9-7-6-8-10-17)18(25)11-13-23-14-22-20-19(21(23)26)15(2)16(3)27-20/h6-10,14H,4-5,11-13H2,1-3H3. The molecule has 0 saturated carbocycles. The molecule has 2 aromatic heterocycles. The van der Waals surface area contributed by atoms with E-state index in [4.69, 9.17) is 0 Å². The summed E-state index contributed by atoms with van der Waals surface area (Å²) < 4.78 is 1.56. The van der Waals surface area contributed by atoms with Gasteiger partial charge in [0.05, 0.1) is 11.7 Å². The van der Waals surface area contributed by atoms with Gasteiger partial charge in [-0.25, -0.2) is 4.98 Å². The fraction of sp³-hybridized carbons (Fsp3) is 0.381. The molecule has 1 aromatic carbocycles. The van der Waals surface area contributed by atoms with Crippen LogP contribution in [0.1, 0.15) is 36.6 Å². The number of hydrogen-bond donors (Lipinski definition) is 0. The van der Waals surface area contributed by atoms with Crippen LogP contribution in [-0.4, -0.2) is 22.0 Å². The second kappa shape index (κ2) is 8.48. The van der Waals surface area contributed by atoms with Gasteiger partial charge in [0.15, 0.2) is 0 Å². The fourth-order valence-electron chi connectivity index (χ4n) is 3.10. The van der Waals surface area contributed by atoms with Crippen molar-refractivity contribution in [2.45, 2.75) is 46.6 Å². The van der Waals surface area contributed by atoms with E-state index in [0.29, 0.717) is 18.5 Å². The Hall–Kier alpha value is -2.47. The Morgan fingerprint density at radius 2 is 1.96 bits per heavy atom. The normalized spacial score (nSPS) is 11.1. The topological polar surface area (TPSA) is 55.2 Å². The molecule has 0 aliphatic rings. The molecule has 1 amide bonds. The number of aromatic nitrogens is 2. The Morgan fingerprint density at radius 3 is 2.67 bits per heavy atom. The lowest BCUT2D eigenvalue weighted by Gasteiger charge is -2.23. The number of anilines is 1. The van der Waals surface area contributed by atoms with E-state index in [1.165, 1.54) is 11.3 Å². The van der Waals surface area contributed by atoms with Gasteiger partial charge in [0.1, 0.15) is 4.83 Å². The van der Waals surface area contributed by atoms with Crippen molar-refractivity contribution in [1.82, 2.24) is 9.55 Å². The maximum Gasteiger partial charge on any atom is 0.262 e. The van der Waals surface area contributed by atoms with Gasteiger partial charge in [0.2, 0.25) is 5.91 Å². The maximum atomic E-state index is 12.9. The van der Waals surface area contributed by atoms with Crippen LogP contribution in [0.15, 0.2) is 41.5 Å². The molecule has 5 nitrogen and oxygen atoms in total. The first-order valence-corrected chi connectivity index (χ1v) is 10.1. The van der Waals surface area contributed by atoms with Crippen molar-refractivity contribution in [2.24, 2.45) is 0 Å². The molecule has 0 bridgehead atoms. The van der Waals surface area contributed by atoms with Gasteiger partial charge in [-0.3, -0.25) is 14.2 Å². The largest absolute Gasteiger partial charge is 0.312 e. The number of nitrogens with zero attached hydrogens (tertiary/aromatic N) is 3. The Bertz CT molecular complexity index is 992. The van der Waals surface area contributed by atoms with Gasteiger partial charge in [-0.2, -0.15) is 0 Å². The summed E-state index contributed by atoms with van der Waals surface area (Å²) in [6.07, 6.45) is 3.80. The van der Waals surface area contributed by atoms with Crippen LogP contribution in [0, 0.1) is 13.8 Å². The number of aryl methyl sites for hydroxylation is 3. The van der Waals surface area contributed by atoms with Gasteiger partial charge in [0, 0.05) is 30.1 Å². The minimum absolute atomic E-state index is 0.0277. The molecule has 0 fully saturated rings. The number of carbonyl (C=O) groups is 1. The molecule has 2 heterocycles. The van der Waals surface area contributed by atoms with Gasteiger partial charge in [0.25, 0.3) is 5.56 Å². The predicted octanol–water partition coefficient (Wildman–Crippen LogP) is 4.30. The van der Waals surface area contributed by atoms with Gasteiger partial charge in [-0.05, 0) is 38.0 Å². The number of carbonyl (C=O) groups excluding carboxylic acids is 1. The summed E-state index contributed by atoms with van der Waals surface area (Å²) in [4.78, 5) is 33.8. The van der Waals surface area contributed by atoms with Crippen molar-refractivity contribution >= 4 is 33.1 Å². The van der Waals surface area contributed by atoms with E-state index < -0.39 is 0 Å². The molecule has 6 heteroatoms. The molecule has 0 saturated heterocycles. The first kappa shape index (κ1) is 19.3. The Morgan fingerprint density at radius 1 is 1.22 bits per heavy atom. The van der Waals surface area contributed by atoms with Crippen LogP contribution in [0.3, 0.4) is 0 Å². The van der Waals surface area contributed by atoms with Crippen LogP contribution in [0.4, 0.5) is 5.69 Å². The molecular weight excluding hydrogens is 358 g/mol. The fourth-order valence-corrected chi connectivity index (χ4v) is 4.09. The Kier molecular flexibility index (Phi) is 6.06. The molecule has 0 radical (unpaired) electrons. The van der Waals surface area contributed by atoms with Crippen LogP contribution < -0.4 is 10.5 Å². The van der Waals surface area contributed by atoms with Crippen molar-refractivity contribution in [3.05, 3.63) is 57.5 Å². The third-order valence-corrected chi connectivity index (χ3v) is 5.94. The summed E-state index contributed by atoms with van der Waals surface area (Å²) in [5, 5.41) is 0.679. The SMILES string of the molecule is CCCCN(C(=O)CCn1cnc2sc(C)c(C)c2c1=O)c1ccccc1. The quantitative estimate of drug-likeness (QED) is 0.611. The van der Waals surface area contributed by atoms with Crippen molar-refractivity contribution in [3.63, 3.8) is 0 Å². The molecule has 27 heavy (non-hydrogen) atoms. The predicted molar refractivity (Wildman–Crippen MR) is 112 cm³/mol. The van der Waals surface area contributed by atoms with Crippen molar-refractivity contribution < 1.29 is 4.79 Å². The summed E-state index contributed by atoms with van der Waals surface area (Å²) in [7, 11) is 0. The molecule has 3 aromatic rings. The lowest BCUT2D eigenvalue weighted by molar-refractivity contribution is -0.118. The molecule has 0 aliphatic carbocycles. The van der Waals surface area contributed by atoms with Crippen LogP contribution in [0.5, 0.6) is 0 Å². The van der Waals surface area contributed by atoms with E-state index in [1.54, 1.807) is 10.9 Å². The molecule has 3 rings (SSSR count). The average Bonchev–Trinajstić information content (AvgIpc) is 2.97. The third kappa shape index (κ3) is 4.11. The van der Waals surface area contributed by atoms with Gasteiger partial charge in [-0.1, -0.05) is 31.5 Å². The second-order valence-electron chi connectivity index (χ2n) is 6.69. The van der Waals surface area contributed by atoms with E-state index >= 15 is 0 Å². The zero-order valence-corrected chi connectivity index (χ0v) is 16.9. The molecule has 142 valence electrons. The van der Waals surface area contributed by atoms with Crippen LogP contribution in [-0.2, 0) is 11.3 Å². The van der Waals surface area contributed by atoms with Gasteiger partial charge in [-0.15, -0.1) is 11.3 Å². The summed E-state index contributed by atoms with van der Waals surface area (Å²) >= 11 is 1.54. The monoisotopic (exact) mass is 383 g/mol. The lowest BCUT2D eigenvalue weighted by Crippen LogP contribution is -2.33. The van der Waals surface area contributed by atoms with Crippen LogP contribution in [0.2, 0.25) is 0 Å². The van der Waals surface area contributed by atoms with E-state index in [1.807, 2.05) is 49.1 Å². The number of rotatable bonds is 7. The number of para-hydroxylation sites is 1. The highest BCUT2D eigenvalue weighted by atomic mass is 32.1. The molecule has 0 aliphatic heterocycles. The summed E-state index contributed by atoms with van der Waals surface area (Å²) in [6.45, 7) is 7.09. The molecular formula is C21H25N3O2S. The average molecular weight is 384 g/mol. The van der Waals surface area contributed by atoms with E-state index in [-0.39, 0.29) is 17.9 Å². The second-order valence-corrected chi connectivity index (χ2v) is 7.89. The highest BCUT2D eigenvalue weighted by Crippen LogP contribution is 2.25. The number of hydrogen-bond acceptors (Lipinski definition) is 4. The molecule has 0 spiro atoms. The maximum absolute atomic E-state index is 12.9. The third-order valence-electron chi connectivity index (χ3n) is 4.83. The van der Waals surface area contributed by atoms with E-state index in [0.717, 1.165) is 33.8 Å². The summed E-state index contributed by atoms with van der Waals surface area (Å²) in [6, 6.07) is 9.71. The zero-order chi connectivity index (χ0) is 19.4. The van der Waals surface area contributed by atoms with Crippen molar-refractivity contribution in [2.75, 3.05) is 11.4 Å². The smallest absolute Gasteiger partial charge is 0.262 e. The Balaban J connectivity index is 1.79. The number of benzene rings is 1. The first-order valence-electron chi connectivity index (χ1n) is 9.33. The number of unbranched alkanes of at least 4 members (excludes halogenated alkanes) is 1. The van der Waals surface area contributed by atoms with Gasteiger partial charge < -0.3 is 4.90 Å². The van der Waals surface area contributed by atoms with Crippen LogP contribution in [0.25, 0.3) is 10.2 Å². The van der Waals surface area contributed by atoms with Crippen LogP contribution >= 0.6 is 11.3 Å². The highest BCUT2D eigenvalue weighted by Gasteiger charge is 2.17. The van der Waals surface area contributed by atoms with Gasteiger partial charge >= 0.3 is 0 Å². The molecule has 0 N–H and O–H groups in total. The summed E-state index contributed by atoms with van der Waals surface area (Å²) in [5.74, 6) is 0.0277. The first-order chi connectivity index (χ1) is 13.0. The van der Waals surface area contributed by atoms with Crippen molar-refractivity contribution in [1.29, 1.82) is 0 Å². The minimum atomic E-state index is -0.0607. The number of amides is 1. The Labute approximate surface area is 163 Å². The zero-order valence-electron chi connectivity index (χ0n) is 16.1. The minimum Gasteiger partial charge on any atom is -0.312 e. The summed E-state index contributed by atoms with van der Waals surface area (Å²) in [5.41, 5.74) is 1.83. The van der Waals surface area contributed by atoms with E-state index in [9.17, 15) is 9.59 Å². The molecule has 0 atom stereocenters.